The number of methoxy groups -OCH3 is 2. The van der Waals surface area contributed by atoms with Crippen molar-refractivity contribution in [3.05, 3.63) is 47.5 Å². The first kappa shape index (κ1) is 20.0. The second-order valence-electron chi connectivity index (χ2n) is 5.79. The van der Waals surface area contributed by atoms with Crippen LogP contribution in [0.25, 0.3) is 11.4 Å². The summed E-state index contributed by atoms with van der Waals surface area (Å²) >= 11 is 7.32. The molecule has 1 atom stereocenters. The third-order valence-electron chi connectivity index (χ3n) is 3.89. The number of hydrogen-bond donors (Lipinski definition) is 2. The summed E-state index contributed by atoms with van der Waals surface area (Å²) in [5.74, 6) is 1.72. The van der Waals surface area contributed by atoms with Crippen molar-refractivity contribution in [1.29, 1.82) is 0 Å². The molecule has 0 saturated carbocycles. The van der Waals surface area contributed by atoms with Crippen LogP contribution >= 0.6 is 23.4 Å². The molecule has 0 spiro atoms. The van der Waals surface area contributed by atoms with Gasteiger partial charge in [0.25, 0.3) is 0 Å². The van der Waals surface area contributed by atoms with E-state index in [0.717, 1.165) is 5.75 Å². The van der Waals surface area contributed by atoms with Crippen LogP contribution in [0.4, 0.5) is 5.69 Å². The lowest BCUT2D eigenvalue weighted by Gasteiger charge is -2.10. The number of anilines is 1. The Labute approximate surface area is 171 Å². The molecule has 0 aliphatic rings. The first-order valence-electron chi connectivity index (χ1n) is 8.38. The summed E-state index contributed by atoms with van der Waals surface area (Å²) in [7, 11) is 3.17. The number of ether oxygens (including phenoxy) is 2. The highest BCUT2D eigenvalue weighted by Crippen LogP contribution is 2.31. The monoisotopic (exact) mass is 418 g/mol. The number of benzene rings is 2. The van der Waals surface area contributed by atoms with Crippen LogP contribution in [-0.4, -0.2) is 40.6 Å². The van der Waals surface area contributed by atoms with E-state index < -0.39 is 5.25 Å². The molecule has 1 aromatic heterocycles. The average molecular weight is 419 g/mol. The van der Waals surface area contributed by atoms with E-state index in [2.05, 4.69) is 20.5 Å². The van der Waals surface area contributed by atoms with Crippen molar-refractivity contribution >= 4 is 35.0 Å². The minimum absolute atomic E-state index is 0.151. The third-order valence-corrected chi connectivity index (χ3v) is 5.09. The number of H-pyrrole nitrogens is 1. The van der Waals surface area contributed by atoms with E-state index in [9.17, 15) is 4.79 Å². The predicted molar refractivity (Wildman–Crippen MR) is 110 cm³/mol. The van der Waals surface area contributed by atoms with Crippen LogP contribution in [0, 0.1) is 0 Å². The van der Waals surface area contributed by atoms with E-state index in [1.54, 1.807) is 63.6 Å². The summed E-state index contributed by atoms with van der Waals surface area (Å²) in [6, 6.07) is 12.4. The molecule has 1 amide bonds. The Morgan fingerprint density at radius 2 is 1.93 bits per heavy atom. The molecule has 0 unspecified atom stereocenters. The molecule has 0 bridgehead atoms. The van der Waals surface area contributed by atoms with Gasteiger partial charge in [0.05, 0.1) is 25.0 Å². The lowest BCUT2D eigenvalue weighted by atomic mass is 10.2. The predicted octanol–water partition coefficient (Wildman–Crippen LogP) is 4.26. The quantitative estimate of drug-likeness (QED) is 0.557. The van der Waals surface area contributed by atoms with Gasteiger partial charge in [-0.3, -0.25) is 9.89 Å². The minimum atomic E-state index is -0.396. The van der Waals surface area contributed by atoms with Gasteiger partial charge in [0.1, 0.15) is 11.5 Å². The zero-order chi connectivity index (χ0) is 20.1. The molecule has 0 aliphatic carbocycles. The number of aromatic amines is 1. The summed E-state index contributed by atoms with van der Waals surface area (Å²) < 4.78 is 10.4. The van der Waals surface area contributed by atoms with Gasteiger partial charge in [-0.2, -0.15) is 0 Å². The smallest absolute Gasteiger partial charge is 0.237 e. The van der Waals surface area contributed by atoms with Gasteiger partial charge in [-0.1, -0.05) is 23.4 Å². The molecule has 7 nitrogen and oxygen atoms in total. The highest BCUT2D eigenvalue weighted by atomic mass is 35.5. The Bertz CT molecular complexity index is 962. The van der Waals surface area contributed by atoms with Gasteiger partial charge in [-0.15, -0.1) is 5.10 Å². The lowest BCUT2D eigenvalue weighted by molar-refractivity contribution is -0.115. The molecule has 2 aromatic carbocycles. The Balaban J connectivity index is 1.67. The molecule has 0 radical (unpaired) electrons. The van der Waals surface area contributed by atoms with Gasteiger partial charge in [0.2, 0.25) is 11.1 Å². The van der Waals surface area contributed by atoms with Crippen LogP contribution in [0.5, 0.6) is 11.5 Å². The molecule has 2 N–H and O–H groups in total. The molecular weight excluding hydrogens is 400 g/mol. The summed E-state index contributed by atoms with van der Waals surface area (Å²) in [6.45, 7) is 1.79. The minimum Gasteiger partial charge on any atom is -0.497 e. The van der Waals surface area contributed by atoms with Crippen molar-refractivity contribution in [1.82, 2.24) is 15.2 Å². The van der Waals surface area contributed by atoms with Gasteiger partial charge in [-0.05, 0) is 49.4 Å². The molecule has 146 valence electrons. The van der Waals surface area contributed by atoms with Crippen molar-refractivity contribution in [2.45, 2.75) is 17.3 Å². The SMILES string of the molecule is COc1ccc(NC(=O)[C@@H](C)Sc2n[nH]c(-c3cc(Cl)ccc3OC)n2)cc1. The third kappa shape index (κ3) is 4.76. The summed E-state index contributed by atoms with van der Waals surface area (Å²) in [6.07, 6.45) is 0. The second kappa shape index (κ2) is 8.99. The summed E-state index contributed by atoms with van der Waals surface area (Å²) in [5, 5.41) is 10.5. The number of thioether (sulfide) groups is 1. The summed E-state index contributed by atoms with van der Waals surface area (Å²) in [4.78, 5) is 16.9. The number of hydrogen-bond acceptors (Lipinski definition) is 6. The van der Waals surface area contributed by atoms with Crippen molar-refractivity contribution in [3.8, 4) is 22.9 Å². The van der Waals surface area contributed by atoms with Crippen molar-refractivity contribution < 1.29 is 14.3 Å². The van der Waals surface area contributed by atoms with Gasteiger partial charge in [0.15, 0.2) is 5.82 Å². The number of carbonyl (C=O) groups is 1. The van der Waals surface area contributed by atoms with Crippen molar-refractivity contribution in [2.75, 3.05) is 19.5 Å². The van der Waals surface area contributed by atoms with E-state index >= 15 is 0 Å². The van der Waals surface area contributed by atoms with Crippen LogP contribution in [0.2, 0.25) is 5.02 Å². The highest BCUT2D eigenvalue weighted by molar-refractivity contribution is 8.00. The molecule has 28 heavy (non-hydrogen) atoms. The zero-order valence-corrected chi connectivity index (χ0v) is 17.1. The second-order valence-corrected chi connectivity index (χ2v) is 7.53. The molecule has 1 heterocycles. The fourth-order valence-corrected chi connectivity index (χ4v) is 3.31. The van der Waals surface area contributed by atoms with E-state index in [0.29, 0.717) is 33.0 Å². The Kier molecular flexibility index (Phi) is 6.43. The van der Waals surface area contributed by atoms with Crippen LogP contribution in [0.15, 0.2) is 47.6 Å². The van der Waals surface area contributed by atoms with E-state index in [1.165, 1.54) is 11.8 Å². The van der Waals surface area contributed by atoms with E-state index in [4.69, 9.17) is 21.1 Å². The number of aromatic nitrogens is 3. The number of nitrogens with zero attached hydrogens (tertiary/aromatic N) is 2. The van der Waals surface area contributed by atoms with Crippen molar-refractivity contribution in [2.24, 2.45) is 0 Å². The fraction of sp³-hybridized carbons (Fsp3) is 0.211. The van der Waals surface area contributed by atoms with E-state index in [1.807, 2.05) is 0 Å². The fourth-order valence-electron chi connectivity index (χ4n) is 2.41. The number of amides is 1. The van der Waals surface area contributed by atoms with Gasteiger partial charge in [0, 0.05) is 10.7 Å². The molecule has 3 aromatic rings. The first-order chi connectivity index (χ1) is 13.5. The summed E-state index contributed by atoms with van der Waals surface area (Å²) in [5.41, 5.74) is 1.39. The number of halogens is 1. The molecule has 0 saturated heterocycles. The largest absolute Gasteiger partial charge is 0.497 e. The first-order valence-corrected chi connectivity index (χ1v) is 9.64. The maximum absolute atomic E-state index is 12.4. The molecular formula is C19H19ClN4O3S. The normalized spacial score (nSPS) is 11.7. The molecule has 9 heteroatoms. The highest BCUT2D eigenvalue weighted by Gasteiger charge is 2.19. The standard InChI is InChI=1S/C19H19ClN4O3S/c1-11(18(25)21-13-5-7-14(26-2)8-6-13)28-19-22-17(23-24-19)15-10-12(20)4-9-16(15)27-3/h4-11H,1-3H3,(H,21,25)(H,22,23,24)/t11-/m1/s1. The van der Waals surface area contributed by atoms with Gasteiger partial charge in [-0.25, -0.2) is 4.98 Å². The van der Waals surface area contributed by atoms with Crippen LogP contribution < -0.4 is 14.8 Å². The number of rotatable bonds is 7. The number of nitrogens with one attached hydrogen (secondary N) is 2. The van der Waals surface area contributed by atoms with Crippen molar-refractivity contribution in [3.63, 3.8) is 0 Å². The molecule has 3 rings (SSSR count). The van der Waals surface area contributed by atoms with E-state index in [-0.39, 0.29) is 5.91 Å². The maximum Gasteiger partial charge on any atom is 0.237 e. The molecule has 0 aliphatic heterocycles. The van der Waals surface area contributed by atoms with Crippen LogP contribution in [0.3, 0.4) is 0 Å². The Morgan fingerprint density at radius 1 is 1.18 bits per heavy atom. The zero-order valence-electron chi connectivity index (χ0n) is 15.5. The molecule has 0 fully saturated rings. The van der Waals surface area contributed by atoms with Crippen LogP contribution in [-0.2, 0) is 4.79 Å². The maximum atomic E-state index is 12.4. The lowest BCUT2D eigenvalue weighted by Crippen LogP contribution is -2.22. The topological polar surface area (TPSA) is 89.1 Å². The van der Waals surface area contributed by atoms with Gasteiger partial charge >= 0.3 is 0 Å². The average Bonchev–Trinajstić information content (AvgIpc) is 3.16. The van der Waals surface area contributed by atoms with Crippen LogP contribution in [0.1, 0.15) is 6.92 Å². The Hall–Kier alpha value is -2.71. The van der Waals surface area contributed by atoms with Gasteiger partial charge < -0.3 is 14.8 Å². The number of carbonyl (C=O) groups excluding carboxylic acids is 1. The Morgan fingerprint density at radius 3 is 2.61 bits per heavy atom.